The van der Waals surface area contributed by atoms with Gasteiger partial charge in [0.25, 0.3) is 0 Å². The van der Waals surface area contributed by atoms with Gasteiger partial charge in [0.2, 0.25) is 5.91 Å². The Morgan fingerprint density at radius 3 is 2.62 bits per heavy atom. The zero-order chi connectivity index (χ0) is 15.5. The molecule has 1 aromatic carbocycles. The van der Waals surface area contributed by atoms with E-state index in [4.69, 9.17) is 5.73 Å². The van der Waals surface area contributed by atoms with Crippen LogP contribution in [-0.2, 0) is 21.1 Å². The van der Waals surface area contributed by atoms with Crippen molar-refractivity contribution in [3.8, 4) is 5.75 Å². The Kier molecular flexibility index (Phi) is 4.84. The maximum atomic E-state index is 11.9. The summed E-state index contributed by atoms with van der Waals surface area (Å²) < 4.78 is 23.3. The number of amides is 1. The molecule has 1 saturated heterocycles. The Morgan fingerprint density at radius 1 is 1.38 bits per heavy atom. The van der Waals surface area contributed by atoms with Gasteiger partial charge in [-0.05, 0) is 37.0 Å². The zero-order valence-electron chi connectivity index (χ0n) is 11.7. The third-order valence-corrected chi connectivity index (χ3v) is 5.97. The van der Waals surface area contributed by atoms with E-state index < -0.39 is 21.1 Å². The molecule has 1 amide bonds. The zero-order valence-corrected chi connectivity index (χ0v) is 12.5. The fraction of sp³-hybridized carbons (Fsp3) is 0.500. The van der Waals surface area contributed by atoms with Gasteiger partial charge in [0, 0.05) is 6.54 Å². The van der Waals surface area contributed by atoms with Crippen LogP contribution in [0.4, 0.5) is 0 Å². The minimum atomic E-state index is -3.06. The molecule has 0 radical (unpaired) electrons. The molecule has 6 nitrogen and oxygen atoms in total. The van der Waals surface area contributed by atoms with E-state index in [9.17, 15) is 18.3 Å². The van der Waals surface area contributed by atoms with Crippen molar-refractivity contribution in [2.75, 3.05) is 12.3 Å². The first-order valence-electron chi connectivity index (χ1n) is 6.91. The lowest BCUT2D eigenvalue weighted by Gasteiger charge is -2.15. The predicted octanol–water partition coefficient (Wildman–Crippen LogP) is -0.0446. The number of hydrogen-bond acceptors (Lipinski definition) is 5. The topological polar surface area (TPSA) is 109 Å². The number of benzene rings is 1. The molecule has 116 valence electrons. The number of phenolic OH excluding ortho intramolecular Hbond substituents is 1. The maximum absolute atomic E-state index is 11.9. The van der Waals surface area contributed by atoms with Crippen molar-refractivity contribution in [2.45, 2.75) is 30.6 Å². The molecule has 1 aliphatic rings. The summed E-state index contributed by atoms with van der Waals surface area (Å²) >= 11 is 0. The molecule has 1 aromatic rings. The number of carbonyl (C=O) groups is 1. The van der Waals surface area contributed by atoms with E-state index >= 15 is 0 Å². The first-order valence-corrected chi connectivity index (χ1v) is 8.63. The van der Waals surface area contributed by atoms with Crippen molar-refractivity contribution in [2.24, 2.45) is 5.73 Å². The number of phenols is 1. The molecular formula is C14H20N2O4S. The SMILES string of the molecule is NC(Cc1ccc(O)cc1)C(=O)NCC1CCCS1(=O)=O. The Hall–Kier alpha value is -1.60. The number of nitrogens with two attached hydrogens (primary N) is 1. The van der Waals surface area contributed by atoms with Crippen LogP contribution in [0.1, 0.15) is 18.4 Å². The quantitative estimate of drug-likeness (QED) is 0.706. The Labute approximate surface area is 124 Å². The first-order chi connectivity index (χ1) is 9.88. The highest BCUT2D eigenvalue weighted by Crippen LogP contribution is 2.19. The molecule has 0 spiro atoms. The van der Waals surface area contributed by atoms with Crippen molar-refractivity contribution < 1.29 is 18.3 Å². The summed E-state index contributed by atoms with van der Waals surface area (Å²) in [6.45, 7) is 0.129. The molecule has 2 atom stereocenters. The molecule has 21 heavy (non-hydrogen) atoms. The van der Waals surface area contributed by atoms with Crippen molar-refractivity contribution in [1.29, 1.82) is 0 Å². The number of nitrogens with one attached hydrogen (secondary N) is 1. The largest absolute Gasteiger partial charge is 0.508 e. The van der Waals surface area contributed by atoms with Crippen LogP contribution in [0.5, 0.6) is 5.75 Å². The van der Waals surface area contributed by atoms with Crippen molar-refractivity contribution >= 4 is 15.7 Å². The highest BCUT2D eigenvalue weighted by molar-refractivity contribution is 7.92. The van der Waals surface area contributed by atoms with Gasteiger partial charge < -0.3 is 16.2 Å². The third-order valence-electron chi connectivity index (χ3n) is 3.70. The highest BCUT2D eigenvalue weighted by Gasteiger charge is 2.31. The first kappa shape index (κ1) is 15.8. The van der Waals surface area contributed by atoms with Crippen LogP contribution in [0.3, 0.4) is 0 Å². The van der Waals surface area contributed by atoms with E-state index in [1.54, 1.807) is 12.1 Å². The van der Waals surface area contributed by atoms with Gasteiger partial charge >= 0.3 is 0 Å². The fourth-order valence-corrected chi connectivity index (χ4v) is 4.18. The van der Waals surface area contributed by atoms with E-state index in [1.165, 1.54) is 12.1 Å². The maximum Gasteiger partial charge on any atom is 0.237 e. The van der Waals surface area contributed by atoms with Crippen LogP contribution in [0.15, 0.2) is 24.3 Å². The molecule has 1 aliphatic heterocycles. The lowest BCUT2D eigenvalue weighted by Crippen LogP contribution is -2.45. The second kappa shape index (κ2) is 6.44. The van der Waals surface area contributed by atoms with Gasteiger partial charge in [0.05, 0.1) is 17.0 Å². The summed E-state index contributed by atoms with van der Waals surface area (Å²) in [5.41, 5.74) is 6.65. The molecule has 4 N–H and O–H groups in total. The van der Waals surface area contributed by atoms with Gasteiger partial charge in [-0.3, -0.25) is 4.79 Å². The summed E-state index contributed by atoms with van der Waals surface area (Å²) in [5.74, 6) is 0.000921. The monoisotopic (exact) mass is 312 g/mol. The number of hydrogen-bond donors (Lipinski definition) is 3. The minimum Gasteiger partial charge on any atom is -0.508 e. The fourth-order valence-electron chi connectivity index (χ4n) is 2.41. The molecule has 2 unspecified atom stereocenters. The Morgan fingerprint density at radius 2 is 2.05 bits per heavy atom. The lowest BCUT2D eigenvalue weighted by molar-refractivity contribution is -0.122. The molecule has 0 aromatic heterocycles. The molecule has 1 heterocycles. The van der Waals surface area contributed by atoms with Gasteiger partial charge in [0.15, 0.2) is 9.84 Å². The smallest absolute Gasteiger partial charge is 0.237 e. The van der Waals surface area contributed by atoms with Crippen LogP contribution >= 0.6 is 0 Å². The normalized spacial score (nSPS) is 21.9. The van der Waals surface area contributed by atoms with Crippen LogP contribution in [0.25, 0.3) is 0 Å². The second-order valence-electron chi connectivity index (χ2n) is 5.35. The van der Waals surface area contributed by atoms with E-state index in [-0.39, 0.29) is 24.0 Å². The average Bonchev–Trinajstić information content (AvgIpc) is 2.77. The highest BCUT2D eigenvalue weighted by atomic mass is 32.2. The summed E-state index contributed by atoms with van der Waals surface area (Å²) in [7, 11) is -3.06. The average molecular weight is 312 g/mol. The van der Waals surface area contributed by atoms with Crippen LogP contribution < -0.4 is 11.1 Å². The number of aromatic hydroxyl groups is 1. The molecular weight excluding hydrogens is 292 g/mol. The summed E-state index contributed by atoms with van der Waals surface area (Å²) in [6.07, 6.45) is 1.59. The van der Waals surface area contributed by atoms with Gasteiger partial charge in [-0.2, -0.15) is 0 Å². The molecule has 0 aliphatic carbocycles. The van der Waals surface area contributed by atoms with Gasteiger partial charge in [-0.25, -0.2) is 8.42 Å². The number of carbonyl (C=O) groups excluding carboxylic acids is 1. The summed E-state index contributed by atoms with van der Waals surface area (Å²) in [6, 6.07) is 5.72. The van der Waals surface area contributed by atoms with E-state index in [1.807, 2.05) is 0 Å². The number of rotatable bonds is 5. The van der Waals surface area contributed by atoms with Crippen LogP contribution in [0, 0.1) is 0 Å². The molecule has 7 heteroatoms. The van der Waals surface area contributed by atoms with E-state index in [0.717, 1.165) is 5.56 Å². The summed E-state index contributed by atoms with van der Waals surface area (Å²) in [5, 5.41) is 11.3. The Balaban J connectivity index is 1.84. The standard InChI is InChI=1S/C14H20N2O4S/c15-13(8-10-3-5-11(17)6-4-10)14(18)16-9-12-2-1-7-21(12,19)20/h3-6,12-13,17H,1-2,7-9,15H2,(H,16,18). The summed E-state index contributed by atoms with van der Waals surface area (Å²) in [4.78, 5) is 11.9. The molecule has 0 bridgehead atoms. The van der Waals surface area contributed by atoms with Gasteiger partial charge in [0.1, 0.15) is 5.75 Å². The van der Waals surface area contributed by atoms with Gasteiger partial charge in [-0.1, -0.05) is 12.1 Å². The third kappa shape index (κ3) is 4.18. The van der Waals surface area contributed by atoms with E-state index in [2.05, 4.69) is 5.32 Å². The molecule has 1 fully saturated rings. The molecule has 0 saturated carbocycles. The van der Waals surface area contributed by atoms with Crippen molar-refractivity contribution in [1.82, 2.24) is 5.32 Å². The van der Waals surface area contributed by atoms with Crippen LogP contribution in [0.2, 0.25) is 0 Å². The number of sulfone groups is 1. The Bertz CT molecular complexity index is 598. The molecule has 2 rings (SSSR count). The van der Waals surface area contributed by atoms with Crippen LogP contribution in [-0.4, -0.2) is 43.0 Å². The van der Waals surface area contributed by atoms with Gasteiger partial charge in [-0.15, -0.1) is 0 Å². The lowest BCUT2D eigenvalue weighted by atomic mass is 10.1. The second-order valence-corrected chi connectivity index (χ2v) is 7.75. The van der Waals surface area contributed by atoms with Crippen molar-refractivity contribution in [3.63, 3.8) is 0 Å². The van der Waals surface area contributed by atoms with E-state index in [0.29, 0.717) is 19.3 Å². The predicted molar refractivity (Wildman–Crippen MR) is 79.6 cm³/mol. The van der Waals surface area contributed by atoms with Crippen molar-refractivity contribution in [3.05, 3.63) is 29.8 Å². The minimum absolute atomic E-state index is 0.129.